The Kier molecular flexibility index (Phi) is 2.64. The van der Waals surface area contributed by atoms with Gasteiger partial charge in [0.1, 0.15) is 0 Å². The predicted octanol–water partition coefficient (Wildman–Crippen LogP) is 0.962. The van der Waals surface area contributed by atoms with Crippen LogP contribution in [0.25, 0.3) is 0 Å². The lowest BCUT2D eigenvalue weighted by molar-refractivity contribution is 0.376. The molecule has 0 amide bonds. The van der Waals surface area contributed by atoms with Crippen LogP contribution in [0.4, 0.5) is 0 Å². The predicted molar refractivity (Wildman–Crippen MR) is 52.5 cm³/mol. The molecule has 2 rings (SSSR count). The first-order valence-corrected chi connectivity index (χ1v) is 5.03. The Balaban J connectivity index is 1.89. The van der Waals surface area contributed by atoms with Crippen LogP contribution in [0.2, 0.25) is 0 Å². The largest absolute Gasteiger partial charge is 0.316 e. The second-order valence-corrected chi connectivity index (χ2v) is 3.94. The van der Waals surface area contributed by atoms with E-state index in [1.807, 2.05) is 17.9 Å². The number of aryl methyl sites for hydroxylation is 1. The highest BCUT2D eigenvalue weighted by atomic mass is 15.2. The van der Waals surface area contributed by atoms with Gasteiger partial charge in [-0.3, -0.25) is 4.68 Å². The Morgan fingerprint density at radius 3 is 3.23 bits per heavy atom. The van der Waals surface area contributed by atoms with Gasteiger partial charge in [-0.05, 0) is 43.8 Å². The monoisotopic (exact) mass is 179 g/mol. The van der Waals surface area contributed by atoms with Crippen molar-refractivity contribution in [1.82, 2.24) is 15.1 Å². The Hall–Kier alpha value is -0.830. The van der Waals surface area contributed by atoms with Crippen LogP contribution in [0.5, 0.6) is 0 Å². The summed E-state index contributed by atoms with van der Waals surface area (Å²) in [4.78, 5) is 0. The molecule has 3 heteroatoms. The average Bonchev–Trinajstić information content (AvgIpc) is 2.53. The molecular formula is C10H17N3. The topological polar surface area (TPSA) is 29.9 Å². The molecule has 1 aliphatic heterocycles. The lowest BCUT2D eigenvalue weighted by Crippen LogP contribution is -2.30. The third kappa shape index (κ3) is 2.31. The average molecular weight is 179 g/mol. The molecule has 0 aliphatic carbocycles. The summed E-state index contributed by atoms with van der Waals surface area (Å²) in [5.41, 5.74) is 1.37. The number of piperidine rings is 1. The van der Waals surface area contributed by atoms with Gasteiger partial charge in [0.2, 0.25) is 0 Å². The highest BCUT2D eigenvalue weighted by Crippen LogP contribution is 2.15. The van der Waals surface area contributed by atoms with Gasteiger partial charge in [0.25, 0.3) is 0 Å². The standard InChI is InChI=1S/C10H17N3/c1-13-8-10(7-12-13)5-9-3-2-4-11-6-9/h7-9,11H,2-6H2,1H3. The van der Waals surface area contributed by atoms with Gasteiger partial charge in [-0.2, -0.15) is 5.10 Å². The molecule has 1 aromatic heterocycles. The molecule has 1 fully saturated rings. The molecule has 1 aliphatic rings. The fraction of sp³-hybridized carbons (Fsp3) is 0.700. The van der Waals surface area contributed by atoms with Crippen molar-refractivity contribution in [3.05, 3.63) is 18.0 Å². The first-order valence-electron chi connectivity index (χ1n) is 5.03. The molecule has 0 saturated carbocycles. The molecule has 0 radical (unpaired) electrons. The zero-order chi connectivity index (χ0) is 9.10. The highest BCUT2D eigenvalue weighted by Gasteiger charge is 2.13. The quantitative estimate of drug-likeness (QED) is 0.733. The van der Waals surface area contributed by atoms with Gasteiger partial charge in [0.15, 0.2) is 0 Å². The maximum absolute atomic E-state index is 4.18. The lowest BCUT2D eigenvalue weighted by atomic mass is 9.94. The van der Waals surface area contributed by atoms with E-state index in [0.29, 0.717) is 0 Å². The Labute approximate surface area is 79.1 Å². The van der Waals surface area contributed by atoms with E-state index in [9.17, 15) is 0 Å². The van der Waals surface area contributed by atoms with E-state index >= 15 is 0 Å². The normalized spacial score (nSPS) is 23.3. The molecule has 0 bridgehead atoms. The molecule has 13 heavy (non-hydrogen) atoms. The van der Waals surface area contributed by atoms with Gasteiger partial charge in [0.05, 0.1) is 6.20 Å². The number of aromatic nitrogens is 2. The van der Waals surface area contributed by atoms with Gasteiger partial charge in [-0.15, -0.1) is 0 Å². The van der Waals surface area contributed by atoms with Crippen LogP contribution < -0.4 is 5.32 Å². The number of hydrogen-bond donors (Lipinski definition) is 1. The van der Waals surface area contributed by atoms with E-state index in [-0.39, 0.29) is 0 Å². The van der Waals surface area contributed by atoms with Crippen molar-refractivity contribution in [2.75, 3.05) is 13.1 Å². The molecule has 3 nitrogen and oxygen atoms in total. The van der Waals surface area contributed by atoms with Crippen molar-refractivity contribution in [1.29, 1.82) is 0 Å². The first-order chi connectivity index (χ1) is 6.34. The van der Waals surface area contributed by atoms with Crippen LogP contribution in [-0.2, 0) is 13.5 Å². The smallest absolute Gasteiger partial charge is 0.0521 e. The summed E-state index contributed by atoms with van der Waals surface area (Å²) < 4.78 is 1.88. The number of rotatable bonds is 2. The fourth-order valence-corrected chi connectivity index (χ4v) is 2.01. The summed E-state index contributed by atoms with van der Waals surface area (Å²) in [5, 5.41) is 7.61. The fourth-order valence-electron chi connectivity index (χ4n) is 2.01. The molecule has 1 atom stereocenters. The maximum atomic E-state index is 4.18. The first kappa shape index (κ1) is 8.75. The van der Waals surface area contributed by atoms with Crippen LogP contribution in [0.1, 0.15) is 18.4 Å². The van der Waals surface area contributed by atoms with Gasteiger partial charge in [-0.1, -0.05) is 0 Å². The Morgan fingerprint density at radius 1 is 1.69 bits per heavy atom. The second kappa shape index (κ2) is 3.92. The van der Waals surface area contributed by atoms with Crippen LogP contribution in [0.3, 0.4) is 0 Å². The van der Waals surface area contributed by atoms with Gasteiger partial charge >= 0.3 is 0 Å². The van der Waals surface area contributed by atoms with Crippen molar-refractivity contribution >= 4 is 0 Å². The third-order valence-electron chi connectivity index (χ3n) is 2.68. The van der Waals surface area contributed by atoms with E-state index in [4.69, 9.17) is 0 Å². The van der Waals surface area contributed by atoms with Crippen molar-refractivity contribution in [2.45, 2.75) is 19.3 Å². The Bertz CT molecular complexity index is 261. The van der Waals surface area contributed by atoms with Crippen molar-refractivity contribution in [2.24, 2.45) is 13.0 Å². The van der Waals surface area contributed by atoms with Crippen molar-refractivity contribution in [3.63, 3.8) is 0 Å². The molecule has 72 valence electrons. The van der Waals surface area contributed by atoms with E-state index < -0.39 is 0 Å². The van der Waals surface area contributed by atoms with Crippen LogP contribution in [0, 0.1) is 5.92 Å². The van der Waals surface area contributed by atoms with E-state index in [1.165, 1.54) is 37.9 Å². The van der Waals surface area contributed by atoms with Crippen LogP contribution in [0.15, 0.2) is 12.4 Å². The zero-order valence-corrected chi connectivity index (χ0v) is 8.16. The maximum Gasteiger partial charge on any atom is 0.0521 e. The molecule has 1 N–H and O–H groups in total. The molecule has 1 aromatic rings. The van der Waals surface area contributed by atoms with E-state index in [0.717, 1.165) is 5.92 Å². The summed E-state index contributed by atoms with van der Waals surface area (Å²) in [7, 11) is 1.97. The molecular weight excluding hydrogens is 162 g/mol. The Morgan fingerprint density at radius 2 is 2.62 bits per heavy atom. The van der Waals surface area contributed by atoms with Crippen molar-refractivity contribution < 1.29 is 0 Å². The molecule has 1 saturated heterocycles. The van der Waals surface area contributed by atoms with E-state index in [1.54, 1.807) is 0 Å². The van der Waals surface area contributed by atoms with Gasteiger partial charge < -0.3 is 5.32 Å². The second-order valence-electron chi connectivity index (χ2n) is 3.94. The SMILES string of the molecule is Cn1cc(CC2CCCNC2)cn1. The highest BCUT2D eigenvalue weighted by molar-refractivity contribution is 5.05. The molecule has 0 spiro atoms. The number of nitrogens with one attached hydrogen (secondary N) is 1. The lowest BCUT2D eigenvalue weighted by Gasteiger charge is -2.21. The molecule has 0 aromatic carbocycles. The summed E-state index contributed by atoms with van der Waals surface area (Å²) >= 11 is 0. The molecule has 2 heterocycles. The van der Waals surface area contributed by atoms with Gasteiger partial charge in [-0.25, -0.2) is 0 Å². The minimum atomic E-state index is 0.818. The third-order valence-corrected chi connectivity index (χ3v) is 2.68. The summed E-state index contributed by atoms with van der Waals surface area (Å²) in [5.74, 6) is 0.818. The molecule has 1 unspecified atom stereocenters. The summed E-state index contributed by atoms with van der Waals surface area (Å²) in [6, 6.07) is 0. The van der Waals surface area contributed by atoms with Gasteiger partial charge in [0, 0.05) is 13.2 Å². The van der Waals surface area contributed by atoms with Crippen LogP contribution >= 0.6 is 0 Å². The van der Waals surface area contributed by atoms with E-state index in [2.05, 4.69) is 16.6 Å². The van der Waals surface area contributed by atoms with Crippen LogP contribution in [-0.4, -0.2) is 22.9 Å². The minimum absolute atomic E-state index is 0.818. The minimum Gasteiger partial charge on any atom is -0.316 e. The zero-order valence-electron chi connectivity index (χ0n) is 8.16. The number of hydrogen-bond acceptors (Lipinski definition) is 2. The summed E-state index contributed by atoms with van der Waals surface area (Å²) in [6.45, 7) is 2.37. The number of nitrogens with zero attached hydrogens (tertiary/aromatic N) is 2. The van der Waals surface area contributed by atoms with Crippen molar-refractivity contribution in [3.8, 4) is 0 Å². The summed E-state index contributed by atoms with van der Waals surface area (Å²) in [6.07, 6.45) is 7.97.